The topological polar surface area (TPSA) is 87.7 Å². The molecule has 0 aliphatic heterocycles. The number of para-hydroxylation sites is 1. The van der Waals surface area contributed by atoms with Gasteiger partial charge in [-0.3, -0.25) is 9.59 Å². The van der Waals surface area contributed by atoms with Crippen LogP contribution in [0.25, 0.3) is 6.08 Å². The summed E-state index contributed by atoms with van der Waals surface area (Å²) in [7, 11) is 0. The summed E-state index contributed by atoms with van der Waals surface area (Å²) >= 11 is 4.36. The number of carbonyl (C=O) groups excluding carboxylic acids is 3. The molecule has 0 saturated heterocycles. The summed E-state index contributed by atoms with van der Waals surface area (Å²) in [5.41, 5.74) is 1.49. The minimum absolute atomic E-state index is 0.0210. The van der Waals surface area contributed by atoms with Crippen molar-refractivity contribution in [3.05, 3.63) is 71.8 Å². The van der Waals surface area contributed by atoms with E-state index in [9.17, 15) is 14.4 Å². The first kappa shape index (κ1) is 31.0. The Morgan fingerprint density at radius 3 is 2.29 bits per heavy atom. The van der Waals surface area contributed by atoms with Crippen LogP contribution in [0.4, 0.5) is 10.5 Å². The van der Waals surface area contributed by atoms with Gasteiger partial charge in [0.25, 0.3) is 5.91 Å². The highest BCUT2D eigenvalue weighted by Crippen LogP contribution is 2.34. The molecule has 0 radical (unpaired) electrons. The van der Waals surface area contributed by atoms with Gasteiger partial charge in [0, 0.05) is 17.0 Å². The van der Waals surface area contributed by atoms with E-state index in [1.807, 2.05) is 76.2 Å². The fourth-order valence-electron chi connectivity index (χ4n) is 3.94. The van der Waals surface area contributed by atoms with Crippen molar-refractivity contribution in [1.29, 1.82) is 0 Å². The van der Waals surface area contributed by atoms with Crippen molar-refractivity contribution in [2.75, 3.05) is 11.1 Å². The summed E-state index contributed by atoms with van der Waals surface area (Å²) in [6.45, 7) is 16.7. The van der Waals surface area contributed by atoms with Crippen molar-refractivity contribution in [3.8, 4) is 0 Å². The second-order valence-electron chi connectivity index (χ2n) is 10.8. The molecule has 0 heterocycles. The van der Waals surface area contributed by atoms with Crippen molar-refractivity contribution in [2.24, 2.45) is 0 Å². The van der Waals surface area contributed by atoms with Gasteiger partial charge in [-0.2, -0.15) is 12.6 Å². The highest BCUT2D eigenvalue weighted by Gasteiger charge is 2.43. The van der Waals surface area contributed by atoms with Gasteiger partial charge in [-0.25, -0.2) is 4.79 Å². The van der Waals surface area contributed by atoms with Crippen molar-refractivity contribution >= 4 is 42.3 Å². The standard InChI is InChI=1S/C30H41N3O4S/c1-9-21-15-13-16-22(18-21)25(26(34)31-23-17-12-11-14-20(23)3)33(30(7,8)10-2)27(35)24(19-38)32-28(36)37-29(4,5)6/h9,11-18,24-25,38H,1,10,19H2,2-8H3,(H,31,34)(H,32,36). The largest absolute Gasteiger partial charge is 0.444 e. The maximum absolute atomic E-state index is 14.2. The average Bonchev–Trinajstić information content (AvgIpc) is 2.85. The van der Waals surface area contributed by atoms with Gasteiger partial charge in [-0.1, -0.05) is 56.0 Å². The van der Waals surface area contributed by atoms with E-state index in [2.05, 4.69) is 29.8 Å². The van der Waals surface area contributed by atoms with Gasteiger partial charge in [0.15, 0.2) is 0 Å². The number of hydrogen-bond donors (Lipinski definition) is 3. The SMILES string of the molecule is C=Cc1cccc(C(C(=O)Nc2ccccc2C)N(C(=O)C(CS)NC(=O)OC(C)(C)C)C(C)(C)CC)c1. The predicted molar refractivity (Wildman–Crippen MR) is 157 cm³/mol. The molecule has 206 valence electrons. The van der Waals surface area contributed by atoms with Crippen LogP contribution in [0.2, 0.25) is 0 Å². The second kappa shape index (κ2) is 13.0. The lowest BCUT2D eigenvalue weighted by Gasteiger charge is -2.44. The van der Waals surface area contributed by atoms with E-state index in [0.29, 0.717) is 17.7 Å². The molecule has 0 aromatic heterocycles. The molecule has 0 aliphatic rings. The van der Waals surface area contributed by atoms with Gasteiger partial charge in [0.2, 0.25) is 5.91 Å². The van der Waals surface area contributed by atoms with Crippen molar-refractivity contribution in [3.63, 3.8) is 0 Å². The molecule has 7 nitrogen and oxygen atoms in total. The van der Waals surface area contributed by atoms with E-state index >= 15 is 0 Å². The Balaban J connectivity index is 2.63. The number of alkyl carbamates (subject to hydrolysis) is 1. The smallest absolute Gasteiger partial charge is 0.408 e. The van der Waals surface area contributed by atoms with E-state index in [1.54, 1.807) is 31.7 Å². The molecule has 3 amide bonds. The number of carbonyl (C=O) groups is 3. The van der Waals surface area contributed by atoms with Crippen LogP contribution in [0.1, 0.15) is 70.7 Å². The zero-order valence-electron chi connectivity index (χ0n) is 23.5. The van der Waals surface area contributed by atoms with E-state index in [0.717, 1.165) is 11.1 Å². The molecule has 0 saturated carbocycles. The number of rotatable bonds is 10. The lowest BCUT2D eigenvalue weighted by atomic mass is 9.91. The predicted octanol–water partition coefficient (Wildman–Crippen LogP) is 6.16. The molecular weight excluding hydrogens is 498 g/mol. The van der Waals surface area contributed by atoms with Crippen LogP contribution in [0.3, 0.4) is 0 Å². The van der Waals surface area contributed by atoms with Crippen LogP contribution >= 0.6 is 12.6 Å². The molecule has 2 N–H and O–H groups in total. The minimum atomic E-state index is -1.02. The summed E-state index contributed by atoms with van der Waals surface area (Å²) in [6.07, 6.45) is 1.52. The van der Waals surface area contributed by atoms with Gasteiger partial charge in [0.05, 0.1) is 0 Å². The fraction of sp³-hybridized carbons (Fsp3) is 0.433. The summed E-state index contributed by atoms with van der Waals surface area (Å²) in [5.74, 6) is -0.787. The quantitative estimate of drug-likeness (QED) is 0.316. The highest BCUT2D eigenvalue weighted by atomic mass is 32.1. The summed E-state index contributed by atoms with van der Waals surface area (Å²) in [6, 6.07) is 12.8. The van der Waals surface area contributed by atoms with Gasteiger partial charge in [0.1, 0.15) is 17.7 Å². The summed E-state index contributed by atoms with van der Waals surface area (Å²) in [5, 5.41) is 5.67. The normalized spacial score (nSPS) is 13.2. The Kier molecular flexibility index (Phi) is 10.6. The molecule has 0 spiro atoms. The number of hydrogen-bond acceptors (Lipinski definition) is 5. The number of nitrogens with zero attached hydrogens (tertiary/aromatic N) is 1. The van der Waals surface area contributed by atoms with E-state index in [-0.39, 0.29) is 11.7 Å². The van der Waals surface area contributed by atoms with Gasteiger partial charge in [-0.15, -0.1) is 0 Å². The number of benzene rings is 2. The van der Waals surface area contributed by atoms with Crippen molar-refractivity contribution in [1.82, 2.24) is 10.2 Å². The zero-order valence-corrected chi connectivity index (χ0v) is 24.4. The summed E-state index contributed by atoms with van der Waals surface area (Å²) in [4.78, 5) is 42.4. The van der Waals surface area contributed by atoms with Gasteiger partial charge in [-0.05, 0) is 76.8 Å². The monoisotopic (exact) mass is 539 g/mol. The molecule has 2 atom stereocenters. The average molecular weight is 540 g/mol. The molecule has 2 rings (SSSR count). The third-order valence-electron chi connectivity index (χ3n) is 6.30. The molecule has 8 heteroatoms. The number of nitrogens with one attached hydrogen (secondary N) is 2. The Bertz CT molecular complexity index is 1160. The van der Waals surface area contributed by atoms with Crippen LogP contribution in [0, 0.1) is 6.92 Å². The number of thiol groups is 1. The van der Waals surface area contributed by atoms with E-state index in [4.69, 9.17) is 4.74 Å². The Hall–Kier alpha value is -3.26. The number of anilines is 1. The fourth-order valence-corrected chi connectivity index (χ4v) is 4.18. The van der Waals surface area contributed by atoms with Crippen molar-refractivity contribution < 1.29 is 19.1 Å². The molecule has 2 aromatic carbocycles. The lowest BCUT2D eigenvalue weighted by molar-refractivity contribution is -0.147. The van der Waals surface area contributed by atoms with Crippen LogP contribution in [-0.4, -0.2) is 45.7 Å². The van der Waals surface area contributed by atoms with Crippen LogP contribution in [0.5, 0.6) is 0 Å². The van der Waals surface area contributed by atoms with Gasteiger partial charge >= 0.3 is 6.09 Å². The first-order chi connectivity index (χ1) is 17.7. The Morgan fingerprint density at radius 2 is 1.74 bits per heavy atom. The Morgan fingerprint density at radius 1 is 1.08 bits per heavy atom. The van der Waals surface area contributed by atoms with Crippen LogP contribution in [0.15, 0.2) is 55.1 Å². The minimum Gasteiger partial charge on any atom is -0.444 e. The molecule has 0 fully saturated rings. The molecule has 0 aliphatic carbocycles. The molecule has 2 aromatic rings. The maximum Gasteiger partial charge on any atom is 0.408 e. The third-order valence-corrected chi connectivity index (χ3v) is 6.66. The highest BCUT2D eigenvalue weighted by molar-refractivity contribution is 7.80. The van der Waals surface area contributed by atoms with E-state index < -0.39 is 35.2 Å². The number of ether oxygens (including phenoxy) is 1. The van der Waals surface area contributed by atoms with Crippen LogP contribution < -0.4 is 10.6 Å². The first-order valence-electron chi connectivity index (χ1n) is 12.8. The third kappa shape index (κ3) is 8.12. The number of aryl methyl sites for hydroxylation is 1. The Labute approximate surface area is 232 Å². The second-order valence-corrected chi connectivity index (χ2v) is 11.2. The first-order valence-corrected chi connectivity index (χ1v) is 13.4. The lowest BCUT2D eigenvalue weighted by Crippen LogP contribution is -2.59. The molecule has 2 unspecified atom stereocenters. The van der Waals surface area contributed by atoms with Crippen LogP contribution in [-0.2, 0) is 14.3 Å². The van der Waals surface area contributed by atoms with Gasteiger partial charge < -0.3 is 20.3 Å². The maximum atomic E-state index is 14.2. The van der Waals surface area contributed by atoms with E-state index in [1.165, 1.54) is 0 Å². The molecule has 0 bridgehead atoms. The molecule has 38 heavy (non-hydrogen) atoms. The van der Waals surface area contributed by atoms with Crippen molar-refractivity contribution in [2.45, 2.75) is 78.1 Å². The molecular formula is C30H41N3O4S. The number of amides is 3. The zero-order chi connectivity index (χ0) is 28.7. The summed E-state index contributed by atoms with van der Waals surface area (Å²) < 4.78 is 5.38.